The van der Waals surface area contributed by atoms with E-state index in [0.717, 1.165) is 0 Å². The SMILES string of the molecule is CC(C)(O)CCC[C@@H](N)C(=O)O.Cl. The highest BCUT2D eigenvalue weighted by Crippen LogP contribution is 2.12. The van der Waals surface area contributed by atoms with E-state index in [9.17, 15) is 9.90 Å². The van der Waals surface area contributed by atoms with Gasteiger partial charge in [-0.1, -0.05) is 0 Å². The monoisotopic (exact) mass is 211 g/mol. The first-order valence-corrected chi connectivity index (χ1v) is 4.04. The molecule has 0 aliphatic carbocycles. The predicted molar refractivity (Wildman–Crippen MR) is 53.0 cm³/mol. The molecule has 0 aliphatic heterocycles. The highest BCUT2D eigenvalue weighted by atomic mass is 35.5. The van der Waals surface area contributed by atoms with Crippen molar-refractivity contribution >= 4 is 18.4 Å². The second-order valence-electron chi connectivity index (χ2n) is 3.65. The van der Waals surface area contributed by atoms with Gasteiger partial charge in [-0.25, -0.2) is 0 Å². The van der Waals surface area contributed by atoms with Gasteiger partial charge in [-0.2, -0.15) is 0 Å². The molecule has 0 aliphatic rings. The first kappa shape index (κ1) is 15.2. The van der Waals surface area contributed by atoms with Gasteiger partial charge in [-0.05, 0) is 33.1 Å². The summed E-state index contributed by atoms with van der Waals surface area (Å²) in [4.78, 5) is 10.3. The van der Waals surface area contributed by atoms with Crippen LogP contribution in [-0.4, -0.2) is 27.8 Å². The number of hydrogen-bond acceptors (Lipinski definition) is 3. The molecule has 4 nitrogen and oxygen atoms in total. The zero-order valence-corrected chi connectivity index (χ0v) is 8.80. The Balaban J connectivity index is 0. The van der Waals surface area contributed by atoms with Crippen LogP contribution in [0.2, 0.25) is 0 Å². The number of halogens is 1. The van der Waals surface area contributed by atoms with Crippen molar-refractivity contribution in [3.05, 3.63) is 0 Å². The first-order chi connectivity index (χ1) is 5.33. The van der Waals surface area contributed by atoms with Gasteiger partial charge in [-0.3, -0.25) is 4.79 Å². The topological polar surface area (TPSA) is 83.5 Å². The molecule has 0 saturated heterocycles. The highest BCUT2D eigenvalue weighted by Gasteiger charge is 2.15. The van der Waals surface area contributed by atoms with Gasteiger partial charge >= 0.3 is 5.97 Å². The summed E-state index contributed by atoms with van der Waals surface area (Å²) in [6.45, 7) is 3.39. The Morgan fingerprint density at radius 1 is 1.54 bits per heavy atom. The van der Waals surface area contributed by atoms with Gasteiger partial charge in [0.1, 0.15) is 6.04 Å². The lowest BCUT2D eigenvalue weighted by Gasteiger charge is -2.17. The van der Waals surface area contributed by atoms with Crippen molar-refractivity contribution in [2.75, 3.05) is 0 Å². The maximum atomic E-state index is 10.3. The maximum Gasteiger partial charge on any atom is 0.320 e. The molecule has 0 spiro atoms. The van der Waals surface area contributed by atoms with Crippen LogP contribution in [0.3, 0.4) is 0 Å². The van der Waals surface area contributed by atoms with Crippen LogP contribution in [0, 0.1) is 0 Å². The minimum atomic E-state index is -0.981. The second-order valence-corrected chi connectivity index (χ2v) is 3.65. The summed E-state index contributed by atoms with van der Waals surface area (Å²) >= 11 is 0. The average molecular weight is 212 g/mol. The Labute approximate surface area is 84.5 Å². The number of carboxylic acid groups (broad SMARTS) is 1. The zero-order chi connectivity index (χ0) is 9.78. The Kier molecular flexibility index (Phi) is 7.21. The van der Waals surface area contributed by atoms with Crippen LogP contribution in [0.4, 0.5) is 0 Å². The molecule has 80 valence electrons. The molecular weight excluding hydrogens is 194 g/mol. The fraction of sp³-hybridized carbons (Fsp3) is 0.875. The number of carbonyl (C=O) groups is 1. The molecule has 0 rings (SSSR count). The molecule has 0 bridgehead atoms. The summed E-state index contributed by atoms with van der Waals surface area (Å²) in [5, 5.41) is 17.7. The van der Waals surface area contributed by atoms with Crippen LogP contribution >= 0.6 is 12.4 Å². The third kappa shape index (κ3) is 9.60. The van der Waals surface area contributed by atoms with Crippen molar-refractivity contribution in [2.24, 2.45) is 5.73 Å². The van der Waals surface area contributed by atoms with Gasteiger partial charge in [0, 0.05) is 0 Å². The summed E-state index contributed by atoms with van der Waals surface area (Å²) < 4.78 is 0. The van der Waals surface area contributed by atoms with Crippen molar-refractivity contribution in [3.8, 4) is 0 Å². The summed E-state index contributed by atoms with van der Waals surface area (Å²) in [7, 11) is 0. The van der Waals surface area contributed by atoms with E-state index in [4.69, 9.17) is 10.8 Å². The molecule has 0 aromatic rings. The summed E-state index contributed by atoms with van der Waals surface area (Å²) in [6.07, 6.45) is 1.63. The Morgan fingerprint density at radius 2 is 2.00 bits per heavy atom. The largest absolute Gasteiger partial charge is 0.480 e. The lowest BCUT2D eigenvalue weighted by atomic mass is 10.00. The molecule has 5 heteroatoms. The molecule has 0 aromatic heterocycles. The lowest BCUT2D eigenvalue weighted by molar-refractivity contribution is -0.138. The van der Waals surface area contributed by atoms with Gasteiger partial charge in [-0.15, -0.1) is 12.4 Å². The molecule has 0 heterocycles. The average Bonchev–Trinajstić information content (AvgIpc) is 1.84. The molecule has 13 heavy (non-hydrogen) atoms. The molecule has 0 amide bonds. The van der Waals surface area contributed by atoms with Gasteiger partial charge in [0.15, 0.2) is 0 Å². The summed E-state index contributed by atoms with van der Waals surface area (Å²) in [6, 6.07) is -0.799. The number of nitrogens with two attached hydrogens (primary N) is 1. The summed E-state index contributed by atoms with van der Waals surface area (Å²) in [5.74, 6) is -0.981. The van der Waals surface area contributed by atoms with E-state index >= 15 is 0 Å². The maximum absolute atomic E-state index is 10.3. The van der Waals surface area contributed by atoms with Gasteiger partial charge < -0.3 is 15.9 Å². The van der Waals surface area contributed by atoms with Crippen LogP contribution in [0.5, 0.6) is 0 Å². The molecule has 0 aromatic carbocycles. The van der Waals surface area contributed by atoms with Crippen molar-refractivity contribution in [2.45, 2.75) is 44.8 Å². The predicted octanol–water partition coefficient (Wildman–Crippen LogP) is 0.761. The molecule has 1 atom stereocenters. The molecule has 0 fully saturated rings. The third-order valence-corrected chi connectivity index (χ3v) is 1.62. The van der Waals surface area contributed by atoms with Crippen molar-refractivity contribution < 1.29 is 15.0 Å². The molecule has 0 unspecified atom stereocenters. The number of aliphatic carboxylic acids is 1. The molecule has 4 N–H and O–H groups in total. The second kappa shape index (κ2) is 6.18. The number of aliphatic hydroxyl groups is 1. The minimum absolute atomic E-state index is 0. The van der Waals surface area contributed by atoms with Crippen LogP contribution in [0.1, 0.15) is 33.1 Å². The lowest BCUT2D eigenvalue weighted by Crippen LogP contribution is -2.30. The van der Waals surface area contributed by atoms with E-state index in [0.29, 0.717) is 19.3 Å². The Hall–Kier alpha value is -0.320. The highest BCUT2D eigenvalue weighted by molar-refractivity contribution is 5.85. The van der Waals surface area contributed by atoms with Gasteiger partial charge in [0.25, 0.3) is 0 Å². The van der Waals surface area contributed by atoms with Crippen LogP contribution < -0.4 is 5.73 Å². The first-order valence-electron chi connectivity index (χ1n) is 4.04. The van der Waals surface area contributed by atoms with Crippen LogP contribution in [0.25, 0.3) is 0 Å². The zero-order valence-electron chi connectivity index (χ0n) is 7.99. The number of hydrogen-bond donors (Lipinski definition) is 3. The smallest absolute Gasteiger partial charge is 0.320 e. The standard InChI is InChI=1S/C8H17NO3.ClH/c1-8(2,12)5-3-4-6(9)7(10)11;/h6,12H,3-5,9H2,1-2H3,(H,10,11);1H/t6-;/m1./s1. The number of carboxylic acids is 1. The molecule has 0 saturated carbocycles. The summed E-state index contributed by atoms with van der Waals surface area (Å²) in [5.41, 5.74) is 4.54. The minimum Gasteiger partial charge on any atom is -0.480 e. The molecular formula is C8H18ClNO3. The fourth-order valence-electron chi connectivity index (χ4n) is 0.878. The van der Waals surface area contributed by atoms with Gasteiger partial charge in [0.2, 0.25) is 0 Å². The van der Waals surface area contributed by atoms with Crippen LogP contribution in [-0.2, 0) is 4.79 Å². The normalized spacial score (nSPS) is 13.2. The Morgan fingerprint density at radius 3 is 2.31 bits per heavy atom. The molecule has 0 radical (unpaired) electrons. The third-order valence-electron chi connectivity index (χ3n) is 1.62. The van der Waals surface area contributed by atoms with E-state index in [-0.39, 0.29) is 12.4 Å². The van der Waals surface area contributed by atoms with Crippen molar-refractivity contribution in [1.82, 2.24) is 0 Å². The van der Waals surface area contributed by atoms with Crippen molar-refractivity contribution in [1.29, 1.82) is 0 Å². The van der Waals surface area contributed by atoms with E-state index in [2.05, 4.69) is 0 Å². The Bertz CT molecular complexity index is 156. The van der Waals surface area contributed by atoms with Gasteiger partial charge in [0.05, 0.1) is 5.60 Å². The quantitative estimate of drug-likeness (QED) is 0.627. The van der Waals surface area contributed by atoms with E-state index in [1.54, 1.807) is 13.8 Å². The van der Waals surface area contributed by atoms with E-state index in [1.807, 2.05) is 0 Å². The van der Waals surface area contributed by atoms with E-state index in [1.165, 1.54) is 0 Å². The van der Waals surface area contributed by atoms with Crippen LogP contribution in [0.15, 0.2) is 0 Å². The number of rotatable bonds is 5. The van der Waals surface area contributed by atoms with E-state index < -0.39 is 17.6 Å². The van der Waals surface area contributed by atoms with Crippen molar-refractivity contribution in [3.63, 3.8) is 0 Å². The fourth-order valence-corrected chi connectivity index (χ4v) is 0.878.